The summed E-state index contributed by atoms with van der Waals surface area (Å²) in [6, 6.07) is 16.2. The van der Waals surface area contributed by atoms with Gasteiger partial charge in [0.1, 0.15) is 11.5 Å². The number of hydrogen-bond donors (Lipinski definition) is 1. The number of aromatic nitrogens is 1. The van der Waals surface area contributed by atoms with Gasteiger partial charge in [-0.2, -0.15) is 0 Å². The monoisotopic (exact) mass is 509 g/mol. The molecule has 0 bridgehead atoms. The fraction of sp³-hybridized carbons (Fsp3) is 0.385. The predicted octanol–water partition coefficient (Wildman–Crippen LogP) is 7.04. The van der Waals surface area contributed by atoms with Crippen LogP contribution in [0.5, 0.6) is 11.5 Å². The largest absolute Gasteiger partial charge is 0.457 e. The van der Waals surface area contributed by atoms with Crippen LogP contribution in [0.1, 0.15) is 48.4 Å². The van der Waals surface area contributed by atoms with E-state index in [0.29, 0.717) is 17.2 Å². The molecule has 1 saturated carbocycles. The highest BCUT2D eigenvalue weighted by Crippen LogP contribution is 2.57. The van der Waals surface area contributed by atoms with Gasteiger partial charge in [0.25, 0.3) is 0 Å². The van der Waals surface area contributed by atoms with E-state index >= 15 is 0 Å². The van der Waals surface area contributed by atoms with Crippen LogP contribution in [0.3, 0.4) is 0 Å². The maximum atomic E-state index is 12.6. The maximum Gasteiger partial charge on any atom is 0.324 e. The zero-order valence-corrected chi connectivity index (χ0v) is 20.5. The molecule has 2 aromatic carbocycles. The van der Waals surface area contributed by atoms with Crippen molar-refractivity contribution in [2.45, 2.75) is 45.4 Å². The summed E-state index contributed by atoms with van der Waals surface area (Å²) in [6.45, 7) is 5.32. The molecule has 1 aliphatic carbocycles. The van der Waals surface area contributed by atoms with Crippen LogP contribution in [-0.4, -0.2) is 29.2 Å². The molecule has 7 heteroatoms. The van der Waals surface area contributed by atoms with Gasteiger partial charge in [0.2, 0.25) is 5.88 Å². The summed E-state index contributed by atoms with van der Waals surface area (Å²) in [4.78, 5) is 14.5. The Balaban J connectivity index is 1.14. The van der Waals surface area contributed by atoms with Gasteiger partial charge in [-0.05, 0) is 92.8 Å². The quantitative estimate of drug-likeness (QED) is 0.409. The minimum Gasteiger partial charge on any atom is -0.457 e. The second kappa shape index (κ2) is 8.86. The van der Waals surface area contributed by atoms with E-state index in [9.17, 15) is 4.79 Å². The Morgan fingerprint density at radius 1 is 1.12 bits per heavy atom. The smallest absolute Gasteiger partial charge is 0.324 e. The lowest BCUT2D eigenvalue weighted by molar-refractivity contribution is 0.0289. The van der Waals surface area contributed by atoms with Crippen molar-refractivity contribution >= 4 is 27.8 Å². The topological polar surface area (TPSA) is 67.6 Å². The van der Waals surface area contributed by atoms with Gasteiger partial charge in [-0.15, -0.1) is 0 Å². The molecular formula is C26H28BrN3O3. The molecule has 0 atom stereocenters. The molecule has 6 nitrogen and oxygen atoms in total. The third-order valence-corrected chi connectivity index (χ3v) is 7.76. The Morgan fingerprint density at radius 2 is 1.85 bits per heavy atom. The Labute approximate surface area is 202 Å². The fourth-order valence-electron chi connectivity index (χ4n) is 4.99. The van der Waals surface area contributed by atoms with E-state index in [4.69, 9.17) is 9.26 Å². The van der Waals surface area contributed by atoms with Gasteiger partial charge in [-0.1, -0.05) is 33.2 Å². The lowest BCUT2D eigenvalue weighted by atomic mass is 9.56. The van der Waals surface area contributed by atoms with E-state index in [1.54, 1.807) is 0 Å². The number of benzene rings is 2. The van der Waals surface area contributed by atoms with Crippen LogP contribution in [0.4, 0.5) is 10.7 Å². The first-order chi connectivity index (χ1) is 15.9. The molecule has 33 heavy (non-hydrogen) atoms. The van der Waals surface area contributed by atoms with Crippen LogP contribution < -0.4 is 10.1 Å². The van der Waals surface area contributed by atoms with Crippen molar-refractivity contribution in [1.82, 2.24) is 10.1 Å². The zero-order valence-electron chi connectivity index (χ0n) is 18.9. The highest BCUT2D eigenvalue weighted by atomic mass is 79.9. The van der Waals surface area contributed by atoms with E-state index in [2.05, 4.69) is 44.6 Å². The number of nitrogens with zero attached hydrogens (tertiary/aromatic N) is 2. The number of anilines is 1. The molecule has 1 aromatic heterocycles. The van der Waals surface area contributed by atoms with Crippen molar-refractivity contribution in [2.24, 2.45) is 5.41 Å². The zero-order chi connectivity index (χ0) is 23.0. The molecule has 2 amide bonds. The Kier molecular flexibility index (Phi) is 5.91. The van der Waals surface area contributed by atoms with Gasteiger partial charge >= 0.3 is 6.03 Å². The van der Waals surface area contributed by atoms with Gasteiger partial charge in [0.05, 0.1) is 5.69 Å². The Bertz CT molecular complexity index is 1140. The van der Waals surface area contributed by atoms with E-state index < -0.39 is 0 Å². The average Bonchev–Trinajstić information content (AvgIpc) is 3.11. The van der Waals surface area contributed by atoms with Crippen LogP contribution in [0.15, 0.2) is 57.5 Å². The minimum absolute atomic E-state index is 0.0993. The minimum atomic E-state index is -0.0993. The summed E-state index contributed by atoms with van der Waals surface area (Å²) in [5.41, 5.74) is 3.37. The lowest BCUT2D eigenvalue weighted by Gasteiger charge is -2.52. The number of urea groups is 1. The molecule has 2 heterocycles. The molecule has 172 valence electrons. The van der Waals surface area contributed by atoms with Crippen LogP contribution in [0, 0.1) is 19.3 Å². The molecule has 0 radical (unpaired) electrons. The third kappa shape index (κ3) is 4.64. The van der Waals surface area contributed by atoms with Crippen molar-refractivity contribution in [3.05, 3.63) is 69.8 Å². The normalized spacial score (nSPS) is 17.6. The first kappa shape index (κ1) is 22.0. The van der Waals surface area contributed by atoms with Crippen molar-refractivity contribution in [2.75, 3.05) is 18.4 Å². The van der Waals surface area contributed by atoms with E-state index in [0.717, 1.165) is 53.2 Å². The average molecular weight is 510 g/mol. The standard InChI is InChI=1S/C26H28BrN3O3/c1-17-18(2)29-33-24(17)28-25(31)30-12-10-26(11-13-30)15-20(16-26)19-4-3-5-23(14-19)32-22-8-6-21(27)7-9-22/h3-9,14,20H,10-13,15-16H2,1-2H3,(H,28,31). The van der Waals surface area contributed by atoms with Gasteiger partial charge in [-0.3, -0.25) is 5.32 Å². The number of halogens is 1. The van der Waals surface area contributed by atoms with Crippen LogP contribution in [0.2, 0.25) is 0 Å². The lowest BCUT2D eigenvalue weighted by Crippen LogP contribution is -2.49. The highest BCUT2D eigenvalue weighted by Gasteiger charge is 2.46. The van der Waals surface area contributed by atoms with Crippen molar-refractivity contribution < 1.29 is 14.1 Å². The maximum absolute atomic E-state index is 12.6. The molecule has 0 unspecified atom stereocenters. The third-order valence-electron chi connectivity index (χ3n) is 7.23. The second-order valence-corrected chi connectivity index (χ2v) is 10.3. The SMILES string of the molecule is Cc1noc(NC(=O)N2CCC3(CC2)CC(c2cccc(Oc4ccc(Br)cc4)c2)C3)c1C. The number of carbonyl (C=O) groups excluding carboxylic acids is 1. The summed E-state index contributed by atoms with van der Waals surface area (Å²) in [5, 5.41) is 6.78. The summed E-state index contributed by atoms with van der Waals surface area (Å²) in [7, 11) is 0. The summed E-state index contributed by atoms with van der Waals surface area (Å²) < 4.78 is 12.3. The number of rotatable bonds is 4. The second-order valence-electron chi connectivity index (χ2n) is 9.37. The summed E-state index contributed by atoms with van der Waals surface area (Å²) in [6.07, 6.45) is 4.43. The number of aryl methyl sites for hydroxylation is 1. The molecule has 2 aliphatic rings. The van der Waals surface area contributed by atoms with Crippen molar-refractivity contribution in [3.8, 4) is 11.5 Å². The predicted molar refractivity (Wildman–Crippen MR) is 131 cm³/mol. The van der Waals surface area contributed by atoms with E-state index in [1.807, 2.05) is 49.1 Å². The van der Waals surface area contributed by atoms with Gasteiger partial charge in [-0.25, -0.2) is 4.79 Å². The van der Waals surface area contributed by atoms with E-state index in [1.165, 1.54) is 18.4 Å². The van der Waals surface area contributed by atoms with Crippen LogP contribution in [-0.2, 0) is 0 Å². The Hall–Kier alpha value is -2.80. The Morgan fingerprint density at radius 3 is 2.52 bits per heavy atom. The van der Waals surface area contributed by atoms with Crippen LogP contribution in [0.25, 0.3) is 0 Å². The molecule has 1 saturated heterocycles. The number of nitrogens with one attached hydrogen (secondary N) is 1. The number of carbonyl (C=O) groups is 1. The highest BCUT2D eigenvalue weighted by molar-refractivity contribution is 9.10. The molecule has 2 fully saturated rings. The molecule has 1 aliphatic heterocycles. The molecule has 1 spiro atoms. The van der Waals surface area contributed by atoms with E-state index in [-0.39, 0.29) is 6.03 Å². The first-order valence-corrected chi connectivity index (χ1v) is 12.2. The summed E-state index contributed by atoms with van der Waals surface area (Å²) >= 11 is 3.46. The fourth-order valence-corrected chi connectivity index (χ4v) is 5.26. The van der Waals surface area contributed by atoms with Gasteiger partial charge in [0.15, 0.2) is 0 Å². The number of hydrogen-bond acceptors (Lipinski definition) is 4. The summed E-state index contributed by atoms with van der Waals surface area (Å²) in [5.74, 6) is 2.72. The van der Waals surface area contributed by atoms with Crippen molar-refractivity contribution in [3.63, 3.8) is 0 Å². The number of amides is 2. The van der Waals surface area contributed by atoms with Gasteiger partial charge < -0.3 is 14.2 Å². The molecule has 3 aromatic rings. The number of likely N-dealkylation sites (tertiary alicyclic amines) is 1. The molecule has 5 rings (SSSR count). The molecule has 1 N–H and O–H groups in total. The van der Waals surface area contributed by atoms with Crippen LogP contribution >= 0.6 is 15.9 Å². The van der Waals surface area contributed by atoms with Crippen molar-refractivity contribution in [1.29, 1.82) is 0 Å². The first-order valence-electron chi connectivity index (χ1n) is 11.4. The number of ether oxygens (including phenoxy) is 1. The molecular weight excluding hydrogens is 482 g/mol. The van der Waals surface area contributed by atoms with Gasteiger partial charge in [0, 0.05) is 23.1 Å². The number of piperidine rings is 1.